The van der Waals surface area contributed by atoms with Crippen molar-refractivity contribution in [2.24, 2.45) is 22.2 Å². The van der Waals surface area contributed by atoms with Crippen molar-refractivity contribution in [3.63, 3.8) is 0 Å². The van der Waals surface area contributed by atoms with Gasteiger partial charge in [0, 0.05) is 10.8 Å². The molecular weight excluding hydrogens is 408 g/mol. The number of rotatable bonds is 5. The molecule has 1 spiro atoms. The molecule has 5 fully saturated rings. The van der Waals surface area contributed by atoms with E-state index in [1.165, 1.54) is 0 Å². The lowest BCUT2D eigenvalue weighted by atomic mass is 9.34. The van der Waals surface area contributed by atoms with Crippen molar-refractivity contribution in [3.8, 4) is 0 Å². The highest BCUT2D eigenvalue weighted by Crippen LogP contribution is 2.82. The molecule has 1 aromatic carbocycles. The van der Waals surface area contributed by atoms with Gasteiger partial charge in [-0.1, -0.05) is 51.1 Å². The van der Waals surface area contributed by atoms with Crippen LogP contribution in [0.4, 0.5) is 0 Å². The summed E-state index contributed by atoms with van der Waals surface area (Å²) in [5.41, 5.74) is -1.87. The van der Waals surface area contributed by atoms with E-state index in [-0.39, 0.29) is 5.92 Å². The van der Waals surface area contributed by atoms with Crippen LogP contribution < -0.4 is 0 Å². The second-order valence-corrected chi connectivity index (χ2v) is 16.4. The number of hydrogen-bond donors (Lipinski definition) is 2. The minimum Gasteiger partial charge on any atom is -0.409 e. The topological polar surface area (TPSA) is 68.2 Å². The third-order valence-electron chi connectivity index (χ3n) is 9.72. The number of hydrogen-bond acceptors (Lipinski definition) is 5. The Morgan fingerprint density at radius 1 is 1.16 bits per heavy atom. The van der Waals surface area contributed by atoms with Crippen molar-refractivity contribution in [1.82, 2.24) is 0 Å². The zero-order chi connectivity index (χ0) is 22.5. The molecule has 0 amide bonds. The van der Waals surface area contributed by atoms with Gasteiger partial charge in [-0.05, 0) is 50.4 Å². The average molecular weight is 447 g/mol. The zero-order valence-electron chi connectivity index (χ0n) is 19.8. The summed E-state index contributed by atoms with van der Waals surface area (Å²) in [4.78, 5) is 0. The SMILES string of the molecule is C[C@@H]1CC[C@]2(O)[C@]3(C)COC4(OCc5ccccc5)C(O[Si](C)(C)C)[C@]12CC(O)[C@@]43C. The Bertz CT molecular complexity index is 872. The van der Waals surface area contributed by atoms with Gasteiger partial charge < -0.3 is 24.1 Å². The second-order valence-electron chi connectivity index (χ2n) is 11.9. The predicted octanol–water partition coefficient (Wildman–Crippen LogP) is 4.09. The first kappa shape index (κ1) is 22.1. The van der Waals surface area contributed by atoms with E-state index in [1.807, 2.05) is 30.3 Å². The first-order valence-electron chi connectivity index (χ1n) is 11.8. The summed E-state index contributed by atoms with van der Waals surface area (Å²) in [6, 6.07) is 10.1. The van der Waals surface area contributed by atoms with Crippen LogP contribution in [0.3, 0.4) is 0 Å². The molecule has 1 aromatic rings. The average Bonchev–Trinajstić information content (AvgIpc) is 3.10. The largest absolute Gasteiger partial charge is 0.409 e. The molecule has 31 heavy (non-hydrogen) atoms. The van der Waals surface area contributed by atoms with Crippen molar-refractivity contribution in [3.05, 3.63) is 35.9 Å². The van der Waals surface area contributed by atoms with E-state index >= 15 is 0 Å². The minimum absolute atomic E-state index is 0.207. The zero-order valence-corrected chi connectivity index (χ0v) is 20.8. The third kappa shape index (κ3) is 2.34. The molecule has 3 unspecified atom stereocenters. The molecule has 4 bridgehead atoms. The fourth-order valence-corrected chi connectivity index (χ4v) is 9.00. The molecule has 2 N–H and O–H groups in total. The molecule has 6 heteroatoms. The molecule has 8 atom stereocenters. The van der Waals surface area contributed by atoms with E-state index in [0.717, 1.165) is 18.4 Å². The van der Waals surface area contributed by atoms with E-state index in [2.05, 4.69) is 40.4 Å². The Balaban J connectivity index is 1.70. The highest BCUT2D eigenvalue weighted by molar-refractivity contribution is 6.69. The van der Waals surface area contributed by atoms with E-state index in [9.17, 15) is 10.2 Å². The summed E-state index contributed by atoms with van der Waals surface area (Å²) in [7, 11) is -2.04. The smallest absolute Gasteiger partial charge is 0.203 e. The highest BCUT2D eigenvalue weighted by Gasteiger charge is 2.92. The van der Waals surface area contributed by atoms with Crippen molar-refractivity contribution < 1.29 is 24.1 Å². The molecule has 4 aliphatic carbocycles. The number of benzene rings is 1. The van der Waals surface area contributed by atoms with Crippen LogP contribution in [0.25, 0.3) is 0 Å². The number of aliphatic hydroxyl groups excluding tert-OH is 1. The number of ether oxygens (including phenoxy) is 2. The summed E-state index contributed by atoms with van der Waals surface area (Å²) >= 11 is 0. The van der Waals surface area contributed by atoms with Gasteiger partial charge in [0.2, 0.25) is 5.79 Å². The van der Waals surface area contributed by atoms with Gasteiger partial charge in [0.15, 0.2) is 8.32 Å². The fourth-order valence-electron chi connectivity index (χ4n) is 7.93. The van der Waals surface area contributed by atoms with Gasteiger partial charge in [-0.3, -0.25) is 0 Å². The van der Waals surface area contributed by atoms with Gasteiger partial charge in [-0.15, -0.1) is 0 Å². The Kier molecular flexibility index (Phi) is 4.57. The van der Waals surface area contributed by atoms with Crippen LogP contribution >= 0.6 is 0 Å². The van der Waals surface area contributed by atoms with Crippen molar-refractivity contribution in [1.29, 1.82) is 0 Å². The van der Waals surface area contributed by atoms with E-state index < -0.39 is 48.2 Å². The molecule has 0 radical (unpaired) electrons. The van der Waals surface area contributed by atoms with Gasteiger partial charge in [0.25, 0.3) is 0 Å². The normalized spacial score (nSPS) is 50.6. The monoisotopic (exact) mass is 446 g/mol. The van der Waals surface area contributed by atoms with Crippen LogP contribution in [0.5, 0.6) is 0 Å². The van der Waals surface area contributed by atoms with Gasteiger partial charge in [0.1, 0.15) is 6.10 Å². The lowest BCUT2D eigenvalue weighted by Gasteiger charge is -2.74. The fraction of sp³-hybridized carbons (Fsp3) is 0.760. The molecule has 1 saturated heterocycles. The summed E-state index contributed by atoms with van der Waals surface area (Å²) in [5.74, 6) is -0.889. The molecule has 5 nitrogen and oxygen atoms in total. The first-order valence-corrected chi connectivity index (χ1v) is 15.2. The Labute approximate surface area is 187 Å². The summed E-state index contributed by atoms with van der Waals surface area (Å²) in [6.45, 7) is 13.7. The van der Waals surface area contributed by atoms with Crippen LogP contribution in [0.1, 0.15) is 45.6 Å². The van der Waals surface area contributed by atoms with Crippen LogP contribution in [0.15, 0.2) is 30.3 Å². The number of aliphatic hydroxyl groups is 2. The van der Waals surface area contributed by atoms with Crippen molar-refractivity contribution in [2.75, 3.05) is 6.61 Å². The van der Waals surface area contributed by atoms with Crippen LogP contribution in [-0.2, 0) is 20.5 Å². The van der Waals surface area contributed by atoms with Crippen LogP contribution in [0.2, 0.25) is 19.6 Å². The molecule has 0 aromatic heterocycles. The van der Waals surface area contributed by atoms with E-state index in [1.54, 1.807) is 0 Å². The minimum atomic E-state index is -2.04. The molecule has 5 aliphatic rings. The van der Waals surface area contributed by atoms with Gasteiger partial charge in [-0.2, -0.15) is 0 Å². The Hall–Kier alpha value is -0.763. The lowest BCUT2D eigenvalue weighted by Crippen LogP contribution is -2.85. The van der Waals surface area contributed by atoms with Crippen molar-refractivity contribution >= 4 is 8.32 Å². The van der Waals surface area contributed by atoms with Crippen LogP contribution in [-0.4, -0.2) is 48.7 Å². The standard InChI is InChI=1S/C25H38O5Si/c1-17-12-13-24(27)21(2)16-29-25(28-15-18-10-8-7-9-11-18)20(30-31(4,5)6)23(17,24)14-19(26)22(21,25)3/h7-11,17,19-20,26-27H,12-16H2,1-6H3/t17-,19?,20?,21-,22-,23+,24+,25?/m1/s1. The lowest BCUT2D eigenvalue weighted by molar-refractivity contribution is -0.422. The first-order chi connectivity index (χ1) is 14.4. The number of fused-ring (bicyclic) bond motifs is 1. The van der Waals surface area contributed by atoms with Gasteiger partial charge >= 0.3 is 0 Å². The van der Waals surface area contributed by atoms with E-state index in [4.69, 9.17) is 13.9 Å². The summed E-state index contributed by atoms with van der Waals surface area (Å²) < 4.78 is 20.4. The van der Waals surface area contributed by atoms with Crippen molar-refractivity contribution in [2.45, 2.75) is 89.9 Å². The molecule has 4 saturated carbocycles. The van der Waals surface area contributed by atoms with Crippen LogP contribution in [0, 0.1) is 22.2 Å². The van der Waals surface area contributed by atoms with E-state index in [0.29, 0.717) is 19.6 Å². The summed E-state index contributed by atoms with van der Waals surface area (Å²) in [6.07, 6.45) is 1.14. The van der Waals surface area contributed by atoms with Gasteiger partial charge in [0.05, 0.1) is 30.3 Å². The Morgan fingerprint density at radius 2 is 1.84 bits per heavy atom. The third-order valence-corrected chi connectivity index (χ3v) is 10.7. The quantitative estimate of drug-likeness (QED) is 0.667. The molecule has 6 rings (SSSR count). The molecule has 172 valence electrons. The maximum Gasteiger partial charge on any atom is 0.203 e. The maximum atomic E-state index is 12.4. The van der Waals surface area contributed by atoms with Gasteiger partial charge in [-0.25, -0.2) is 0 Å². The molecular formula is C25H38O5Si. The Morgan fingerprint density at radius 3 is 2.48 bits per heavy atom. The maximum absolute atomic E-state index is 12.4. The summed E-state index contributed by atoms with van der Waals surface area (Å²) in [5, 5.41) is 24.1. The predicted molar refractivity (Wildman–Crippen MR) is 121 cm³/mol. The molecule has 1 heterocycles. The highest BCUT2D eigenvalue weighted by atomic mass is 28.4. The second kappa shape index (κ2) is 6.42. The molecule has 1 aliphatic heterocycles.